The quantitative estimate of drug-likeness (QED) is 0.865. The molecule has 1 heterocycles. The minimum atomic E-state index is -3.72. The molecule has 1 amide bonds. The summed E-state index contributed by atoms with van der Waals surface area (Å²) in [6.07, 6.45) is 3.08. The van der Waals surface area contributed by atoms with Crippen molar-refractivity contribution in [3.8, 4) is 0 Å². The lowest BCUT2D eigenvalue weighted by Crippen LogP contribution is -2.43. The van der Waals surface area contributed by atoms with Crippen molar-refractivity contribution in [1.29, 1.82) is 0 Å². The summed E-state index contributed by atoms with van der Waals surface area (Å²) in [7, 11) is -3.72. The van der Waals surface area contributed by atoms with E-state index in [1.807, 2.05) is 6.92 Å². The molecule has 0 fully saturated rings. The zero-order valence-electron chi connectivity index (χ0n) is 13.7. The average Bonchev–Trinajstić information content (AvgIpc) is 2.48. The Kier molecular flexibility index (Phi) is 5.41. The summed E-state index contributed by atoms with van der Waals surface area (Å²) < 4.78 is 26.0. The Labute approximate surface area is 137 Å². The number of benzene rings is 1. The molecule has 6 nitrogen and oxygen atoms in total. The number of hydrogen-bond donors (Lipinski definition) is 1. The van der Waals surface area contributed by atoms with E-state index in [0.29, 0.717) is 11.6 Å². The lowest BCUT2D eigenvalue weighted by Gasteiger charge is -2.24. The number of sulfonamides is 1. The normalized spacial score (nSPS) is 17.0. The van der Waals surface area contributed by atoms with E-state index in [4.69, 9.17) is 0 Å². The van der Waals surface area contributed by atoms with Gasteiger partial charge in [0, 0.05) is 6.04 Å². The number of rotatable bonds is 6. The summed E-state index contributed by atoms with van der Waals surface area (Å²) >= 11 is 0. The van der Waals surface area contributed by atoms with Crippen molar-refractivity contribution in [2.24, 2.45) is 10.9 Å². The van der Waals surface area contributed by atoms with Crippen LogP contribution in [-0.4, -0.2) is 37.6 Å². The van der Waals surface area contributed by atoms with Crippen molar-refractivity contribution in [2.45, 2.75) is 44.6 Å². The Morgan fingerprint density at radius 1 is 1.22 bits per heavy atom. The van der Waals surface area contributed by atoms with Gasteiger partial charge in [0.05, 0.1) is 5.69 Å². The molecule has 0 saturated carbocycles. The van der Waals surface area contributed by atoms with Crippen LogP contribution < -0.4 is 5.32 Å². The lowest BCUT2D eigenvalue weighted by molar-refractivity contribution is -0.121. The van der Waals surface area contributed by atoms with Crippen LogP contribution in [0.4, 0.5) is 5.69 Å². The molecule has 23 heavy (non-hydrogen) atoms. The molecule has 0 radical (unpaired) electrons. The third-order valence-electron chi connectivity index (χ3n) is 3.66. The van der Waals surface area contributed by atoms with E-state index in [9.17, 15) is 13.2 Å². The first-order chi connectivity index (χ1) is 10.8. The highest BCUT2D eigenvalue weighted by molar-refractivity contribution is 7.89. The highest BCUT2D eigenvalue weighted by atomic mass is 32.2. The van der Waals surface area contributed by atoms with E-state index in [2.05, 4.69) is 24.2 Å². The topological polar surface area (TPSA) is 78.8 Å². The fraction of sp³-hybridized carbons (Fsp3) is 0.500. The Morgan fingerprint density at radius 2 is 1.91 bits per heavy atom. The molecule has 0 aromatic heterocycles. The number of carbonyl (C=O) groups is 1. The monoisotopic (exact) mass is 337 g/mol. The van der Waals surface area contributed by atoms with Gasteiger partial charge in [-0.1, -0.05) is 26.0 Å². The molecule has 0 unspecified atom stereocenters. The Bertz CT molecular complexity index is 698. The molecule has 1 aromatic carbocycles. The number of carbonyl (C=O) groups excluding carboxylic acids is 1. The van der Waals surface area contributed by atoms with Crippen molar-refractivity contribution in [3.05, 3.63) is 24.3 Å². The second-order valence-electron chi connectivity index (χ2n) is 6.20. The number of aliphatic imine (C=N–C) groups is 1. The van der Waals surface area contributed by atoms with Crippen molar-refractivity contribution >= 4 is 28.0 Å². The molecule has 0 bridgehead atoms. The van der Waals surface area contributed by atoms with Gasteiger partial charge in [0.25, 0.3) is 10.0 Å². The third kappa shape index (κ3) is 4.31. The molecular formula is C16H23N3O3S. The van der Waals surface area contributed by atoms with Gasteiger partial charge in [0.1, 0.15) is 17.8 Å². The van der Waals surface area contributed by atoms with E-state index in [1.54, 1.807) is 18.2 Å². The van der Waals surface area contributed by atoms with Crippen molar-refractivity contribution in [2.75, 3.05) is 6.54 Å². The zero-order chi connectivity index (χ0) is 17.0. The van der Waals surface area contributed by atoms with Crippen LogP contribution in [0, 0.1) is 5.92 Å². The number of nitrogens with one attached hydrogen (secondary N) is 1. The summed E-state index contributed by atoms with van der Waals surface area (Å²) in [5.74, 6) is 0.246. The first kappa shape index (κ1) is 17.5. The number of amides is 1. The summed E-state index contributed by atoms with van der Waals surface area (Å²) in [6.45, 7) is 5.92. The minimum Gasteiger partial charge on any atom is -0.352 e. The van der Waals surface area contributed by atoms with Gasteiger partial charge in [-0.15, -0.1) is 0 Å². The Balaban J connectivity index is 2.00. The maximum atomic E-state index is 12.5. The zero-order valence-corrected chi connectivity index (χ0v) is 14.5. The summed E-state index contributed by atoms with van der Waals surface area (Å²) in [4.78, 5) is 16.3. The smallest absolute Gasteiger partial charge is 0.267 e. The molecule has 126 valence electrons. The van der Waals surface area contributed by atoms with E-state index in [1.165, 1.54) is 12.4 Å². The largest absolute Gasteiger partial charge is 0.352 e. The molecule has 0 spiro atoms. The van der Waals surface area contributed by atoms with Gasteiger partial charge in [0.2, 0.25) is 5.91 Å². The lowest BCUT2D eigenvalue weighted by atomic mass is 10.0. The molecule has 7 heteroatoms. The molecular weight excluding hydrogens is 314 g/mol. The third-order valence-corrected chi connectivity index (χ3v) is 5.40. The van der Waals surface area contributed by atoms with Gasteiger partial charge in [-0.3, -0.25) is 4.79 Å². The van der Waals surface area contributed by atoms with E-state index < -0.39 is 10.0 Å². The Morgan fingerprint density at radius 3 is 2.61 bits per heavy atom. The van der Waals surface area contributed by atoms with Gasteiger partial charge in [-0.25, -0.2) is 17.7 Å². The number of hydrogen-bond acceptors (Lipinski definition) is 4. The second-order valence-corrected chi connectivity index (χ2v) is 8.06. The number of para-hydroxylation sites is 1. The molecule has 0 saturated heterocycles. The highest BCUT2D eigenvalue weighted by Crippen LogP contribution is 2.29. The maximum Gasteiger partial charge on any atom is 0.267 e. The molecule has 1 N–H and O–H groups in total. The van der Waals surface area contributed by atoms with Crippen LogP contribution in [0.1, 0.15) is 33.6 Å². The SMILES string of the molecule is CC(C)CC[C@H](C)NC(=O)CN1C=Nc2ccccc2S1(=O)=O. The molecule has 1 atom stereocenters. The van der Waals surface area contributed by atoms with Crippen LogP contribution in [0.2, 0.25) is 0 Å². The molecule has 1 aromatic rings. The highest BCUT2D eigenvalue weighted by Gasteiger charge is 2.29. The van der Waals surface area contributed by atoms with E-state index in [0.717, 1.165) is 17.1 Å². The predicted octanol–water partition coefficient (Wildman–Crippen LogP) is 2.29. The van der Waals surface area contributed by atoms with Gasteiger partial charge in [-0.2, -0.15) is 0 Å². The van der Waals surface area contributed by atoms with Crippen LogP contribution in [0.5, 0.6) is 0 Å². The first-order valence-electron chi connectivity index (χ1n) is 7.75. The predicted molar refractivity (Wildman–Crippen MR) is 90.2 cm³/mol. The second kappa shape index (κ2) is 7.12. The summed E-state index contributed by atoms with van der Waals surface area (Å²) in [6, 6.07) is 6.52. The summed E-state index contributed by atoms with van der Waals surface area (Å²) in [5, 5.41) is 2.84. The van der Waals surface area contributed by atoms with Crippen molar-refractivity contribution in [3.63, 3.8) is 0 Å². The summed E-state index contributed by atoms with van der Waals surface area (Å²) in [5.41, 5.74) is 0.398. The number of nitrogens with zero attached hydrogens (tertiary/aromatic N) is 2. The van der Waals surface area contributed by atoms with Crippen LogP contribution in [-0.2, 0) is 14.8 Å². The van der Waals surface area contributed by atoms with Gasteiger partial charge in [-0.05, 0) is 37.8 Å². The molecule has 2 rings (SSSR count). The van der Waals surface area contributed by atoms with Crippen molar-refractivity contribution in [1.82, 2.24) is 9.62 Å². The average molecular weight is 337 g/mol. The van der Waals surface area contributed by atoms with Gasteiger partial charge < -0.3 is 5.32 Å². The van der Waals surface area contributed by atoms with E-state index >= 15 is 0 Å². The number of fused-ring (bicyclic) bond motifs is 1. The molecule has 1 aliphatic rings. The van der Waals surface area contributed by atoms with Crippen LogP contribution in [0.25, 0.3) is 0 Å². The van der Waals surface area contributed by atoms with Crippen LogP contribution >= 0.6 is 0 Å². The minimum absolute atomic E-state index is 0.0154. The first-order valence-corrected chi connectivity index (χ1v) is 9.19. The fourth-order valence-corrected chi connectivity index (χ4v) is 3.69. The van der Waals surface area contributed by atoms with Crippen LogP contribution in [0.15, 0.2) is 34.2 Å². The standard InChI is InChI=1S/C16H23N3O3S/c1-12(2)8-9-13(3)18-16(20)10-19-11-17-14-6-4-5-7-15(14)23(19,21)22/h4-7,11-13H,8-10H2,1-3H3,(H,18,20)/t13-/m0/s1. The maximum absolute atomic E-state index is 12.5. The molecule has 0 aliphatic carbocycles. The fourth-order valence-electron chi connectivity index (χ4n) is 2.34. The van der Waals surface area contributed by atoms with Crippen LogP contribution in [0.3, 0.4) is 0 Å². The Hall–Kier alpha value is -1.89. The van der Waals surface area contributed by atoms with E-state index in [-0.39, 0.29) is 23.4 Å². The molecule has 1 aliphatic heterocycles. The van der Waals surface area contributed by atoms with Crippen molar-refractivity contribution < 1.29 is 13.2 Å². The van der Waals surface area contributed by atoms with Gasteiger partial charge >= 0.3 is 0 Å². The van der Waals surface area contributed by atoms with Gasteiger partial charge in [0.15, 0.2) is 0 Å².